The monoisotopic (exact) mass is 352 g/mol. The maximum absolute atomic E-state index is 6.19. The summed E-state index contributed by atoms with van der Waals surface area (Å²) >= 11 is 6.19. The fourth-order valence-corrected chi connectivity index (χ4v) is 3.65. The van der Waals surface area contributed by atoms with Gasteiger partial charge >= 0.3 is 0 Å². The highest BCUT2D eigenvalue weighted by molar-refractivity contribution is 6.31. The van der Waals surface area contributed by atoms with E-state index < -0.39 is 0 Å². The SMILES string of the molecule is CCOc1ccc(Nc2c3c(nc4cc(Cl)ccc24)CCCC3)cc1. The Balaban J connectivity index is 1.79. The van der Waals surface area contributed by atoms with Gasteiger partial charge in [0.15, 0.2) is 0 Å². The molecule has 1 aromatic heterocycles. The van der Waals surface area contributed by atoms with Crippen LogP contribution < -0.4 is 10.1 Å². The Morgan fingerprint density at radius 1 is 1.08 bits per heavy atom. The molecule has 3 nitrogen and oxygen atoms in total. The van der Waals surface area contributed by atoms with Gasteiger partial charge < -0.3 is 10.1 Å². The molecule has 1 aliphatic carbocycles. The standard InChI is InChI=1S/C21H21ClN2O/c1-2-25-16-10-8-15(9-11-16)23-21-17-5-3-4-6-19(17)24-20-13-14(22)7-12-18(20)21/h7-13H,2-6H2,1H3,(H,23,24). The van der Waals surface area contributed by atoms with Crippen molar-refractivity contribution < 1.29 is 4.74 Å². The maximum atomic E-state index is 6.19. The van der Waals surface area contributed by atoms with Gasteiger partial charge in [-0.1, -0.05) is 11.6 Å². The maximum Gasteiger partial charge on any atom is 0.119 e. The number of pyridine rings is 1. The summed E-state index contributed by atoms with van der Waals surface area (Å²) in [4.78, 5) is 4.87. The molecule has 0 saturated carbocycles. The Bertz CT molecular complexity index is 906. The van der Waals surface area contributed by atoms with E-state index in [-0.39, 0.29) is 0 Å². The molecular weight excluding hydrogens is 332 g/mol. The molecule has 0 spiro atoms. The van der Waals surface area contributed by atoms with Crippen LogP contribution in [-0.4, -0.2) is 11.6 Å². The van der Waals surface area contributed by atoms with Crippen LogP contribution in [0.5, 0.6) is 5.75 Å². The molecule has 25 heavy (non-hydrogen) atoms. The summed E-state index contributed by atoms with van der Waals surface area (Å²) in [5.41, 5.74) is 5.73. The lowest BCUT2D eigenvalue weighted by Crippen LogP contribution is -2.09. The highest BCUT2D eigenvalue weighted by atomic mass is 35.5. The molecule has 0 bridgehead atoms. The summed E-state index contributed by atoms with van der Waals surface area (Å²) in [6.07, 6.45) is 4.52. The largest absolute Gasteiger partial charge is 0.494 e. The molecule has 1 aliphatic rings. The predicted molar refractivity (Wildman–Crippen MR) is 104 cm³/mol. The number of nitrogens with zero attached hydrogens (tertiary/aromatic N) is 1. The number of fused-ring (bicyclic) bond motifs is 2. The molecule has 0 saturated heterocycles. The van der Waals surface area contributed by atoms with Crippen molar-refractivity contribution in [2.75, 3.05) is 11.9 Å². The number of nitrogens with one attached hydrogen (secondary N) is 1. The first-order chi connectivity index (χ1) is 12.2. The Kier molecular flexibility index (Phi) is 4.50. The van der Waals surface area contributed by atoms with Gasteiger partial charge in [-0.05, 0) is 80.6 Å². The zero-order valence-electron chi connectivity index (χ0n) is 14.3. The number of ether oxygens (including phenoxy) is 1. The van der Waals surface area contributed by atoms with Crippen molar-refractivity contribution in [1.82, 2.24) is 4.98 Å². The average Bonchev–Trinajstić information content (AvgIpc) is 2.63. The van der Waals surface area contributed by atoms with E-state index in [4.69, 9.17) is 21.3 Å². The van der Waals surface area contributed by atoms with Crippen LogP contribution in [0, 0.1) is 0 Å². The van der Waals surface area contributed by atoms with E-state index >= 15 is 0 Å². The van der Waals surface area contributed by atoms with E-state index in [1.807, 2.05) is 31.2 Å². The Labute approximate surface area is 153 Å². The van der Waals surface area contributed by atoms with Gasteiger partial charge in [-0.25, -0.2) is 0 Å². The van der Waals surface area contributed by atoms with E-state index in [2.05, 4.69) is 23.5 Å². The number of hydrogen-bond donors (Lipinski definition) is 1. The van der Waals surface area contributed by atoms with Gasteiger partial charge in [0, 0.05) is 21.8 Å². The third-order valence-electron chi connectivity index (χ3n) is 4.66. The second kappa shape index (κ2) is 6.93. The van der Waals surface area contributed by atoms with Gasteiger partial charge in [-0.3, -0.25) is 4.98 Å². The fraction of sp³-hybridized carbons (Fsp3) is 0.286. The van der Waals surface area contributed by atoms with Gasteiger partial charge in [0.2, 0.25) is 0 Å². The molecule has 0 unspecified atom stereocenters. The molecule has 1 heterocycles. The van der Waals surface area contributed by atoms with E-state index in [9.17, 15) is 0 Å². The number of anilines is 2. The molecule has 0 amide bonds. The summed E-state index contributed by atoms with van der Waals surface area (Å²) in [6, 6.07) is 14.1. The summed E-state index contributed by atoms with van der Waals surface area (Å²) in [5.74, 6) is 0.890. The van der Waals surface area contributed by atoms with Crippen molar-refractivity contribution in [3.63, 3.8) is 0 Å². The number of benzene rings is 2. The van der Waals surface area contributed by atoms with E-state index in [0.29, 0.717) is 6.61 Å². The van der Waals surface area contributed by atoms with Crippen LogP contribution in [0.2, 0.25) is 5.02 Å². The van der Waals surface area contributed by atoms with Crippen molar-refractivity contribution in [2.24, 2.45) is 0 Å². The second-order valence-electron chi connectivity index (χ2n) is 6.36. The van der Waals surface area contributed by atoms with E-state index in [1.54, 1.807) is 0 Å². The second-order valence-corrected chi connectivity index (χ2v) is 6.80. The molecule has 2 aromatic carbocycles. The molecule has 0 aliphatic heterocycles. The van der Waals surface area contributed by atoms with E-state index in [1.165, 1.54) is 29.8 Å². The van der Waals surface area contributed by atoms with Gasteiger partial charge in [-0.15, -0.1) is 0 Å². The molecule has 1 N–H and O–H groups in total. The normalized spacial score (nSPS) is 13.5. The summed E-state index contributed by atoms with van der Waals surface area (Å²) in [7, 11) is 0. The predicted octanol–water partition coefficient (Wildman–Crippen LogP) is 5.91. The van der Waals surface area contributed by atoms with Gasteiger partial charge in [0.1, 0.15) is 5.75 Å². The average molecular weight is 353 g/mol. The molecule has 3 aromatic rings. The van der Waals surface area contributed by atoms with Crippen LogP contribution in [0.4, 0.5) is 11.4 Å². The first-order valence-corrected chi connectivity index (χ1v) is 9.23. The summed E-state index contributed by atoms with van der Waals surface area (Å²) in [5, 5.41) is 5.47. The molecule has 4 rings (SSSR count). The topological polar surface area (TPSA) is 34.1 Å². The lowest BCUT2D eigenvalue weighted by molar-refractivity contribution is 0.340. The third kappa shape index (κ3) is 3.29. The molecule has 128 valence electrons. The Hall–Kier alpha value is -2.26. The minimum absolute atomic E-state index is 0.677. The zero-order chi connectivity index (χ0) is 17.2. The quantitative estimate of drug-likeness (QED) is 0.633. The summed E-state index contributed by atoms with van der Waals surface area (Å²) < 4.78 is 5.53. The summed E-state index contributed by atoms with van der Waals surface area (Å²) in [6.45, 7) is 2.67. The number of rotatable bonds is 4. The van der Waals surface area contributed by atoms with Crippen molar-refractivity contribution in [1.29, 1.82) is 0 Å². The Morgan fingerprint density at radius 2 is 1.88 bits per heavy atom. The first-order valence-electron chi connectivity index (χ1n) is 8.85. The zero-order valence-corrected chi connectivity index (χ0v) is 15.1. The van der Waals surface area contributed by atoms with Gasteiger partial charge in [-0.2, -0.15) is 0 Å². The third-order valence-corrected chi connectivity index (χ3v) is 4.89. The minimum atomic E-state index is 0.677. The van der Waals surface area contributed by atoms with Crippen LogP contribution in [0.3, 0.4) is 0 Å². The number of halogens is 1. The highest BCUT2D eigenvalue weighted by Gasteiger charge is 2.18. The molecule has 4 heteroatoms. The molecular formula is C21H21ClN2O. The van der Waals surface area contributed by atoms with E-state index in [0.717, 1.165) is 40.2 Å². The molecule has 0 atom stereocenters. The van der Waals surface area contributed by atoms with Crippen molar-refractivity contribution in [3.05, 3.63) is 58.7 Å². The van der Waals surface area contributed by atoms with Crippen LogP contribution in [-0.2, 0) is 12.8 Å². The lowest BCUT2D eigenvalue weighted by atomic mass is 9.92. The lowest BCUT2D eigenvalue weighted by Gasteiger charge is -2.22. The van der Waals surface area contributed by atoms with Gasteiger partial charge in [0.25, 0.3) is 0 Å². The van der Waals surface area contributed by atoms with Crippen molar-refractivity contribution >= 4 is 33.9 Å². The smallest absolute Gasteiger partial charge is 0.119 e. The molecule has 0 radical (unpaired) electrons. The van der Waals surface area contributed by atoms with Crippen LogP contribution in [0.15, 0.2) is 42.5 Å². The molecule has 0 fully saturated rings. The first kappa shape index (κ1) is 16.2. The highest BCUT2D eigenvalue weighted by Crippen LogP contribution is 2.36. The van der Waals surface area contributed by atoms with Crippen LogP contribution in [0.25, 0.3) is 10.9 Å². The van der Waals surface area contributed by atoms with Crippen LogP contribution in [0.1, 0.15) is 31.0 Å². The fourth-order valence-electron chi connectivity index (χ4n) is 3.49. The number of aryl methyl sites for hydroxylation is 1. The Morgan fingerprint density at radius 3 is 2.68 bits per heavy atom. The minimum Gasteiger partial charge on any atom is -0.494 e. The van der Waals surface area contributed by atoms with Crippen LogP contribution >= 0.6 is 11.6 Å². The van der Waals surface area contributed by atoms with Crippen molar-refractivity contribution in [2.45, 2.75) is 32.6 Å². The number of aromatic nitrogens is 1. The van der Waals surface area contributed by atoms with Crippen molar-refractivity contribution in [3.8, 4) is 5.75 Å². The van der Waals surface area contributed by atoms with Gasteiger partial charge in [0.05, 0.1) is 17.8 Å². The number of hydrogen-bond acceptors (Lipinski definition) is 3.